The minimum absolute atomic E-state index is 0.446. The van der Waals surface area contributed by atoms with Gasteiger partial charge in [-0.05, 0) is 30.2 Å². The lowest BCUT2D eigenvalue weighted by atomic mass is 9.98. The Balaban J connectivity index is 1.93. The first-order chi connectivity index (χ1) is 11.2. The maximum atomic E-state index is 11.2. The third-order valence-corrected chi connectivity index (χ3v) is 4.03. The largest absolute Gasteiger partial charge is 0.760 e. The van der Waals surface area contributed by atoms with Crippen molar-refractivity contribution < 1.29 is 8.76 Å². The number of aromatic amines is 1. The van der Waals surface area contributed by atoms with E-state index >= 15 is 0 Å². The molecule has 1 heterocycles. The second-order valence-corrected chi connectivity index (χ2v) is 5.69. The number of nitrogens with zero attached hydrogens (tertiary/aromatic N) is 2. The third-order valence-electron chi connectivity index (χ3n) is 3.55. The number of H-pyrrole nitrogens is 1. The fourth-order valence-corrected chi connectivity index (χ4v) is 2.92. The number of nitrogens with two attached hydrogens (primary N) is 1. The van der Waals surface area contributed by atoms with Gasteiger partial charge in [0.15, 0.2) is 0 Å². The molecule has 3 aromatic rings. The van der Waals surface area contributed by atoms with Gasteiger partial charge in [0.2, 0.25) is 0 Å². The minimum atomic E-state index is -2.40. The number of hydrogen-bond donors (Lipinski definition) is 4. The smallest absolute Gasteiger partial charge is 0.117 e. The number of hydrogen-bond acceptors (Lipinski definition) is 6. The summed E-state index contributed by atoms with van der Waals surface area (Å²) in [6.45, 7) is 0. The molecule has 0 saturated heterocycles. The highest BCUT2D eigenvalue weighted by atomic mass is 32.2. The summed E-state index contributed by atoms with van der Waals surface area (Å²) in [5.74, 6) is 5.35. The lowest BCUT2D eigenvalue weighted by Gasteiger charge is -2.21. The Morgan fingerprint density at radius 2 is 2.00 bits per heavy atom. The van der Waals surface area contributed by atoms with Crippen molar-refractivity contribution in [3.8, 4) is 0 Å². The molecule has 0 spiro atoms. The summed E-state index contributed by atoms with van der Waals surface area (Å²) in [7, 11) is 0. The lowest BCUT2D eigenvalue weighted by Crippen LogP contribution is -2.25. The fraction of sp³-hybridized carbons (Fsp3) is 0.143. The summed E-state index contributed by atoms with van der Waals surface area (Å²) in [5, 5.41) is 10.7. The van der Waals surface area contributed by atoms with Gasteiger partial charge in [0.05, 0.1) is 0 Å². The van der Waals surface area contributed by atoms with Crippen molar-refractivity contribution in [3.05, 3.63) is 53.6 Å². The molecule has 0 saturated carbocycles. The number of hydrazine groups is 1. The van der Waals surface area contributed by atoms with Crippen LogP contribution in [0.25, 0.3) is 11.0 Å². The molecule has 2 atom stereocenters. The Morgan fingerprint density at radius 1 is 1.22 bits per heavy atom. The predicted octanol–water partition coefficient (Wildman–Crippen LogP) is 0.911. The molecular formula is C14H15N6O2S-. The Morgan fingerprint density at radius 3 is 2.70 bits per heavy atom. The van der Waals surface area contributed by atoms with Crippen LogP contribution < -0.4 is 16.0 Å². The zero-order valence-electron chi connectivity index (χ0n) is 12.0. The summed E-state index contributed by atoms with van der Waals surface area (Å²) in [5.41, 5.74) is 6.41. The van der Waals surface area contributed by atoms with Gasteiger partial charge in [-0.2, -0.15) is 15.4 Å². The van der Waals surface area contributed by atoms with Crippen LogP contribution in [0.5, 0.6) is 0 Å². The molecule has 120 valence electrons. The van der Waals surface area contributed by atoms with E-state index in [9.17, 15) is 8.76 Å². The van der Waals surface area contributed by atoms with Crippen LogP contribution in [0.4, 0.5) is 5.69 Å². The first-order valence-electron chi connectivity index (χ1n) is 6.88. The van der Waals surface area contributed by atoms with E-state index < -0.39 is 17.3 Å². The Kier molecular flexibility index (Phi) is 4.63. The van der Waals surface area contributed by atoms with Gasteiger partial charge in [-0.15, -0.1) is 0 Å². The second kappa shape index (κ2) is 6.84. The summed E-state index contributed by atoms with van der Waals surface area (Å²) < 4.78 is 24.9. The molecule has 0 amide bonds. The zero-order chi connectivity index (χ0) is 16.2. The maximum absolute atomic E-state index is 11.2. The molecule has 1 aromatic heterocycles. The highest BCUT2D eigenvalue weighted by Crippen LogP contribution is 2.25. The molecule has 0 aliphatic carbocycles. The molecule has 0 aliphatic heterocycles. The molecule has 0 aliphatic rings. The van der Waals surface area contributed by atoms with E-state index in [0.717, 1.165) is 16.8 Å². The first-order valence-corrected chi connectivity index (χ1v) is 7.95. The normalized spacial score (nSPS) is 13.8. The van der Waals surface area contributed by atoms with Crippen molar-refractivity contribution in [1.29, 1.82) is 0 Å². The van der Waals surface area contributed by atoms with Crippen LogP contribution in [0.15, 0.2) is 42.5 Å². The Hall–Kier alpha value is -2.33. The van der Waals surface area contributed by atoms with Crippen LogP contribution in [0.2, 0.25) is 0 Å². The van der Waals surface area contributed by atoms with Crippen LogP contribution in [0.1, 0.15) is 17.2 Å². The number of nitrogen functional groups attached to an aromatic ring is 1. The van der Waals surface area contributed by atoms with Crippen molar-refractivity contribution in [2.75, 3.05) is 5.43 Å². The van der Waals surface area contributed by atoms with Gasteiger partial charge in [0.1, 0.15) is 11.0 Å². The molecule has 2 unspecified atom stereocenters. The molecule has 2 aromatic carbocycles. The van der Waals surface area contributed by atoms with Crippen molar-refractivity contribution in [3.63, 3.8) is 0 Å². The van der Waals surface area contributed by atoms with Crippen LogP contribution in [-0.2, 0) is 17.7 Å². The van der Waals surface area contributed by atoms with E-state index in [0.29, 0.717) is 17.5 Å². The fourth-order valence-electron chi connectivity index (χ4n) is 2.47. The Bertz CT molecular complexity index is 820. The molecule has 0 bridgehead atoms. The molecule has 5 N–H and O–H groups in total. The van der Waals surface area contributed by atoms with Crippen molar-refractivity contribution in [2.24, 2.45) is 5.84 Å². The van der Waals surface area contributed by atoms with Gasteiger partial charge in [-0.1, -0.05) is 24.3 Å². The quantitative estimate of drug-likeness (QED) is 0.301. The van der Waals surface area contributed by atoms with Crippen molar-refractivity contribution in [2.45, 2.75) is 12.5 Å². The average Bonchev–Trinajstić information content (AvgIpc) is 3.03. The predicted molar refractivity (Wildman–Crippen MR) is 86.6 cm³/mol. The highest BCUT2D eigenvalue weighted by molar-refractivity contribution is 7.77. The van der Waals surface area contributed by atoms with Crippen LogP contribution >= 0.6 is 0 Å². The van der Waals surface area contributed by atoms with Gasteiger partial charge in [-0.25, -0.2) is 4.72 Å². The van der Waals surface area contributed by atoms with E-state index in [-0.39, 0.29) is 0 Å². The van der Waals surface area contributed by atoms with E-state index in [4.69, 9.17) is 5.84 Å². The number of aromatic nitrogens is 3. The molecular weight excluding hydrogens is 316 g/mol. The second-order valence-electron chi connectivity index (χ2n) is 4.99. The van der Waals surface area contributed by atoms with E-state index in [2.05, 4.69) is 25.6 Å². The summed E-state index contributed by atoms with van der Waals surface area (Å²) in [4.78, 5) is 0. The van der Waals surface area contributed by atoms with Crippen molar-refractivity contribution >= 4 is 28.0 Å². The van der Waals surface area contributed by atoms with E-state index in [1.165, 1.54) is 0 Å². The molecule has 8 nitrogen and oxygen atoms in total. The molecule has 3 rings (SSSR count). The number of benzene rings is 2. The van der Waals surface area contributed by atoms with Crippen LogP contribution in [0, 0.1) is 0 Å². The third kappa shape index (κ3) is 3.54. The van der Waals surface area contributed by atoms with Gasteiger partial charge < -0.3 is 9.98 Å². The number of anilines is 1. The van der Waals surface area contributed by atoms with E-state index in [1.807, 2.05) is 42.5 Å². The first kappa shape index (κ1) is 15.6. The molecule has 0 fully saturated rings. The highest BCUT2D eigenvalue weighted by Gasteiger charge is 2.17. The summed E-state index contributed by atoms with van der Waals surface area (Å²) in [6.07, 6.45) is 0.477. The summed E-state index contributed by atoms with van der Waals surface area (Å²) >= 11 is -2.40. The molecule has 0 radical (unpaired) electrons. The number of rotatable bonds is 6. The monoisotopic (exact) mass is 331 g/mol. The lowest BCUT2D eigenvalue weighted by molar-refractivity contribution is 0.505. The van der Waals surface area contributed by atoms with Gasteiger partial charge in [0, 0.05) is 28.6 Å². The summed E-state index contributed by atoms with van der Waals surface area (Å²) in [6, 6.07) is 12.5. The average molecular weight is 331 g/mol. The molecule has 23 heavy (non-hydrogen) atoms. The zero-order valence-corrected chi connectivity index (χ0v) is 12.8. The number of para-hydroxylation sites is 1. The van der Waals surface area contributed by atoms with Gasteiger partial charge >= 0.3 is 0 Å². The standard InChI is InChI=1S/C14H16N6O2S/c15-16-10-6-4-9(5-7-10)8-13(19-23(21)22)11-2-1-3-12-14(11)18-20-17-12/h1-7,13,16,19H,8,15H2,(H,21,22)(H,17,18,20)/p-1. The van der Waals surface area contributed by atoms with E-state index in [1.54, 1.807) is 0 Å². The van der Waals surface area contributed by atoms with Crippen LogP contribution in [0.3, 0.4) is 0 Å². The topological polar surface area (TPSA) is 132 Å². The number of nitrogens with one attached hydrogen (secondary N) is 3. The van der Waals surface area contributed by atoms with Gasteiger partial charge in [-0.3, -0.25) is 10.1 Å². The van der Waals surface area contributed by atoms with Gasteiger partial charge in [0.25, 0.3) is 0 Å². The maximum Gasteiger partial charge on any atom is 0.117 e. The SMILES string of the molecule is NNc1ccc(CC(NS(=O)[O-])c2cccc3n[nH]nc23)cc1. The molecule has 9 heteroatoms. The van der Waals surface area contributed by atoms with Crippen LogP contribution in [-0.4, -0.2) is 24.2 Å². The minimum Gasteiger partial charge on any atom is -0.760 e. The van der Waals surface area contributed by atoms with Crippen molar-refractivity contribution in [1.82, 2.24) is 20.1 Å². The number of fused-ring (bicyclic) bond motifs is 1. The Labute approximate surface area is 134 Å².